The molecule has 0 aromatic rings. The van der Waals surface area contributed by atoms with Crippen LogP contribution in [0.2, 0.25) is 0 Å². The second-order valence-electron chi connectivity index (χ2n) is 3.03. The zero-order valence-corrected chi connectivity index (χ0v) is 7.34. The summed E-state index contributed by atoms with van der Waals surface area (Å²) in [5.74, 6) is 1.73. The molecular formula is C10H16O. The summed E-state index contributed by atoms with van der Waals surface area (Å²) in [5, 5.41) is 0. The zero-order chi connectivity index (χ0) is 8.10. The van der Waals surface area contributed by atoms with Crippen LogP contribution < -0.4 is 0 Å². The molecule has 0 aromatic heterocycles. The third kappa shape index (κ3) is 2.79. The van der Waals surface area contributed by atoms with Gasteiger partial charge in [-0.2, -0.15) is 0 Å². The Bertz CT molecular complexity index is 168. The quantitative estimate of drug-likeness (QED) is 0.604. The van der Waals surface area contributed by atoms with Gasteiger partial charge in [0.25, 0.3) is 0 Å². The molecule has 62 valence electrons. The van der Waals surface area contributed by atoms with Crippen molar-refractivity contribution in [1.82, 2.24) is 0 Å². The lowest BCUT2D eigenvalue weighted by Gasteiger charge is -2.12. The molecule has 1 heteroatoms. The summed E-state index contributed by atoms with van der Waals surface area (Å²) in [7, 11) is 0. The fraction of sp³-hybridized carbons (Fsp3) is 0.600. The minimum atomic E-state index is 0.684. The molecule has 0 unspecified atom stereocenters. The number of rotatable bonds is 3. The maximum absolute atomic E-state index is 5.45. The topological polar surface area (TPSA) is 9.23 Å². The first-order valence-electron chi connectivity index (χ1n) is 4.34. The van der Waals surface area contributed by atoms with Crippen molar-refractivity contribution in [1.29, 1.82) is 0 Å². The summed E-state index contributed by atoms with van der Waals surface area (Å²) < 4.78 is 5.45. The normalized spacial score (nSPS) is 23.1. The Hall–Kier alpha value is -0.720. The molecule has 0 bridgehead atoms. The maximum Gasteiger partial charge on any atom is 0.115 e. The van der Waals surface area contributed by atoms with E-state index in [1.807, 2.05) is 0 Å². The van der Waals surface area contributed by atoms with Crippen LogP contribution in [0.25, 0.3) is 0 Å². The Morgan fingerprint density at radius 3 is 3.00 bits per heavy atom. The first kappa shape index (κ1) is 8.38. The highest BCUT2D eigenvalue weighted by molar-refractivity contribution is 5.17. The van der Waals surface area contributed by atoms with Gasteiger partial charge in [0.2, 0.25) is 0 Å². The minimum absolute atomic E-state index is 0.684. The van der Waals surface area contributed by atoms with E-state index in [9.17, 15) is 0 Å². The van der Waals surface area contributed by atoms with E-state index in [2.05, 4.69) is 32.1 Å². The summed E-state index contributed by atoms with van der Waals surface area (Å²) in [4.78, 5) is 0. The van der Waals surface area contributed by atoms with Crippen molar-refractivity contribution in [2.24, 2.45) is 5.92 Å². The lowest BCUT2D eigenvalue weighted by Crippen LogP contribution is -1.98. The maximum atomic E-state index is 5.45. The fourth-order valence-electron chi connectivity index (χ4n) is 1.03. The van der Waals surface area contributed by atoms with Gasteiger partial charge in [0, 0.05) is 0 Å². The van der Waals surface area contributed by atoms with Gasteiger partial charge in [0.15, 0.2) is 0 Å². The van der Waals surface area contributed by atoms with E-state index in [-0.39, 0.29) is 0 Å². The average molecular weight is 152 g/mol. The lowest BCUT2D eigenvalue weighted by atomic mass is 10.0. The molecule has 1 atom stereocenters. The van der Waals surface area contributed by atoms with Crippen LogP contribution in [-0.2, 0) is 4.74 Å². The molecule has 0 radical (unpaired) electrons. The van der Waals surface area contributed by atoms with E-state index in [1.54, 1.807) is 0 Å². The van der Waals surface area contributed by atoms with Crippen molar-refractivity contribution in [3.05, 3.63) is 24.0 Å². The van der Waals surface area contributed by atoms with Gasteiger partial charge in [-0.05, 0) is 30.9 Å². The molecular weight excluding hydrogens is 136 g/mol. The van der Waals surface area contributed by atoms with Gasteiger partial charge in [0.05, 0.1) is 6.61 Å². The number of hydrogen-bond donors (Lipinski definition) is 0. The Morgan fingerprint density at radius 1 is 1.64 bits per heavy atom. The van der Waals surface area contributed by atoms with Gasteiger partial charge in [0.1, 0.15) is 5.76 Å². The predicted molar refractivity (Wildman–Crippen MR) is 47.2 cm³/mol. The van der Waals surface area contributed by atoms with Gasteiger partial charge >= 0.3 is 0 Å². The van der Waals surface area contributed by atoms with Crippen molar-refractivity contribution in [3.8, 4) is 0 Å². The molecule has 1 aliphatic carbocycles. The van der Waals surface area contributed by atoms with E-state index in [1.165, 1.54) is 0 Å². The van der Waals surface area contributed by atoms with Crippen LogP contribution >= 0.6 is 0 Å². The molecule has 0 aliphatic heterocycles. The summed E-state index contributed by atoms with van der Waals surface area (Å²) in [6.45, 7) is 5.17. The first-order valence-corrected chi connectivity index (χ1v) is 4.34. The Morgan fingerprint density at radius 2 is 2.45 bits per heavy atom. The molecule has 1 rings (SSSR count). The Balaban J connectivity index is 2.31. The molecule has 0 saturated heterocycles. The highest BCUT2D eigenvalue weighted by atomic mass is 16.5. The smallest absolute Gasteiger partial charge is 0.115 e. The van der Waals surface area contributed by atoms with Gasteiger partial charge < -0.3 is 4.74 Å². The van der Waals surface area contributed by atoms with Crippen LogP contribution in [-0.4, -0.2) is 6.61 Å². The number of hydrogen-bond acceptors (Lipinski definition) is 1. The molecule has 0 N–H and O–H groups in total. The molecule has 0 spiro atoms. The average Bonchev–Trinajstić information content (AvgIpc) is 2.04. The van der Waals surface area contributed by atoms with E-state index >= 15 is 0 Å². The molecule has 0 heterocycles. The molecule has 0 saturated carbocycles. The van der Waals surface area contributed by atoms with Crippen molar-refractivity contribution in [2.75, 3.05) is 6.61 Å². The largest absolute Gasteiger partial charge is 0.494 e. The molecule has 0 aromatic carbocycles. The molecule has 0 amide bonds. The van der Waals surface area contributed by atoms with E-state index < -0.39 is 0 Å². The monoisotopic (exact) mass is 152 g/mol. The third-order valence-corrected chi connectivity index (χ3v) is 1.75. The minimum Gasteiger partial charge on any atom is -0.494 e. The van der Waals surface area contributed by atoms with Crippen LogP contribution in [0.4, 0.5) is 0 Å². The summed E-state index contributed by atoms with van der Waals surface area (Å²) in [6, 6.07) is 0. The van der Waals surface area contributed by atoms with Gasteiger partial charge in [-0.1, -0.05) is 19.9 Å². The van der Waals surface area contributed by atoms with Gasteiger partial charge in [-0.3, -0.25) is 0 Å². The zero-order valence-electron chi connectivity index (χ0n) is 7.34. The van der Waals surface area contributed by atoms with Crippen LogP contribution in [0, 0.1) is 5.92 Å². The molecule has 11 heavy (non-hydrogen) atoms. The van der Waals surface area contributed by atoms with Crippen LogP contribution in [0.1, 0.15) is 26.7 Å². The van der Waals surface area contributed by atoms with Crippen molar-refractivity contribution >= 4 is 0 Å². The SMILES string of the molecule is CCCOC1=CC[C@@H](C)C=C1. The standard InChI is InChI=1S/C10H16O/c1-3-8-11-10-6-4-9(2)5-7-10/h4,6-7,9H,3,5,8H2,1-2H3/t9-/m0/s1. The van der Waals surface area contributed by atoms with Crippen LogP contribution in [0.3, 0.4) is 0 Å². The fourth-order valence-corrected chi connectivity index (χ4v) is 1.03. The molecule has 1 aliphatic rings. The van der Waals surface area contributed by atoms with E-state index in [0.29, 0.717) is 5.92 Å². The summed E-state index contributed by atoms with van der Waals surface area (Å²) >= 11 is 0. The first-order chi connectivity index (χ1) is 5.33. The molecule has 1 nitrogen and oxygen atoms in total. The number of allylic oxidation sites excluding steroid dienone is 3. The summed E-state index contributed by atoms with van der Waals surface area (Å²) in [5.41, 5.74) is 0. The van der Waals surface area contributed by atoms with E-state index in [4.69, 9.17) is 4.74 Å². The highest BCUT2D eigenvalue weighted by Gasteiger charge is 2.02. The van der Waals surface area contributed by atoms with Crippen LogP contribution in [0.5, 0.6) is 0 Å². The van der Waals surface area contributed by atoms with Crippen molar-refractivity contribution in [3.63, 3.8) is 0 Å². The van der Waals surface area contributed by atoms with Gasteiger partial charge in [-0.25, -0.2) is 0 Å². The Labute approximate surface area is 68.8 Å². The van der Waals surface area contributed by atoms with Crippen LogP contribution in [0.15, 0.2) is 24.0 Å². The summed E-state index contributed by atoms with van der Waals surface area (Å²) in [6.07, 6.45) is 8.64. The van der Waals surface area contributed by atoms with Gasteiger partial charge in [-0.15, -0.1) is 0 Å². The second-order valence-corrected chi connectivity index (χ2v) is 3.03. The lowest BCUT2D eigenvalue weighted by molar-refractivity contribution is 0.221. The second kappa shape index (κ2) is 4.22. The van der Waals surface area contributed by atoms with Crippen molar-refractivity contribution in [2.45, 2.75) is 26.7 Å². The number of ether oxygens (including phenoxy) is 1. The Kier molecular flexibility index (Phi) is 3.21. The molecule has 0 fully saturated rings. The predicted octanol–water partition coefficient (Wildman–Crippen LogP) is 2.89. The van der Waals surface area contributed by atoms with E-state index in [0.717, 1.165) is 25.2 Å². The third-order valence-electron chi connectivity index (χ3n) is 1.75. The van der Waals surface area contributed by atoms with Crippen molar-refractivity contribution < 1.29 is 4.74 Å². The highest BCUT2D eigenvalue weighted by Crippen LogP contribution is 2.15.